The Hall–Kier alpha value is -2.77. The van der Waals surface area contributed by atoms with E-state index in [2.05, 4.69) is 47.0 Å². The Balaban J connectivity index is 1.51. The number of hydrogen-bond donors (Lipinski definition) is 1. The molecule has 1 saturated carbocycles. The molecule has 0 bridgehead atoms. The van der Waals surface area contributed by atoms with Crippen LogP contribution in [0.1, 0.15) is 37.3 Å². The van der Waals surface area contributed by atoms with Crippen molar-refractivity contribution in [3.05, 3.63) is 60.2 Å². The highest BCUT2D eigenvalue weighted by atomic mass is 32.2. The van der Waals surface area contributed by atoms with Gasteiger partial charge in [-0.3, -0.25) is 4.90 Å². The summed E-state index contributed by atoms with van der Waals surface area (Å²) in [7, 11) is 1.63. The number of ether oxygens (including phenoxy) is 1. The molecule has 1 heterocycles. The number of nitrogens with zero attached hydrogens (tertiary/aromatic N) is 4. The van der Waals surface area contributed by atoms with Crippen molar-refractivity contribution in [3.63, 3.8) is 0 Å². The van der Waals surface area contributed by atoms with Crippen molar-refractivity contribution in [2.45, 2.75) is 37.6 Å². The smallest absolute Gasteiger partial charge is 0.222 e. The number of thioether (sulfide) groups is 1. The molecule has 4 rings (SSSR count). The summed E-state index contributed by atoms with van der Waals surface area (Å²) in [5.74, 6) is 1.75. The van der Waals surface area contributed by atoms with Crippen LogP contribution in [0.4, 0.5) is 5.69 Å². The minimum atomic E-state index is 0.301. The van der Waals surface area contributed by atoms with E-state index in [0.717, 1.165) is 36.8 Å². The summed E-state index contributed by atoms with van der Waals surface area (Å²) in [6.07, 6.45) is 6.09. The molecule has 2 aromatic rings. The molecule has 2 aliphatic rings. The van der Waals surface area contributed by atoms with E-state index in [4.69, 9.17) is 15.6 Å². The molecule has 0 saturated heterocycles. The van der Waals surface area contributed by atoms with Crippen LogP contribution in [-0.4, -0.2) is 48.0 Å². The molecule has 174 valence electrons. The first-order valence-corrected chi connectivity index (χ1v) is 12.6. The zero-order valence-electron chi connectivity index (χ0n) is 19.8. The normalized spacial score (nSPS) is 16.5. The van der Waals surface area contributed by atoms with Crippen LogP contribution in [-0.2, 0) is 6.54 Å². The Kier molecular flexibility index (Phi) is 7.40. The second-order valence-corrected chi connectivity index (χ2v) is 9.61. The molecule has 0 radical (unpaired) electrons. The third kappa shape index (κ3) is 5.42. The van der Waals surface area contributed by atoms with Crippen molar-refractivity contribution in [1.82, 2.24) is 9.91 Å². The Labute approximate surface area is 201 Å². The fourth-order valence-electron chi connectivity index (χ4n) is 4.30. The van der Waals surface area contributed by atoms with Crippen LogP contribution >= 0.6 is 11.8 Å². The summed E-state index contributed by atoms with van der Waals surface area (Å²) >= 11 is 1.77. The number of para-hydroxylation sites is 1. The highest BCUT2D eigenvalue weighted by molar-refractivity contribution is 7.98. The Morgan fingerprint density at radius 3 is 2.67 bits per heavy atom. The van der Waals surface area contributed by atoms with E-state index in [9.17, 15) is 0 Å². The Morgan fingerprint density at radius 1 is 1.27 bits per heavy atom. The van der Waals surface area contributed by atoms with Crippen LogP contribution < -0.4 is 10.5 Å². The molecule has 6 nitrogen and oxygen atoms in total. The maximum Gasteiger partial charge on any atom is 0.222 e. The number of aliphatic imine (C=N–C) groups is 1. The van der Waals surface area contributed by atoms with Crippen LogP contribution in [0.15, 0.2) is 64.0 Å². The van der Waals surface area contributed by atoms with E-state index < -0.39 is 0 Å². The van der Waals surface area contributed by atoms with Gasteiger partial charge in [-0.15, -0.1) is 11.8 Å². The second kappa shape index (κ2) is 10.4. The molecule has 0 unspecified atom stereocenters. The average Bonchev–Trinajstić information content (AvgIpc) is 2.79. The number of guanidine groups is 1. The fraction of sp³-hybridized carbons (Fsp3) is 0.385. The lowest BCUT2D eigenvalue weighted by Gasteiger charge is -2.33. The first-order chi connectivity index (χ1) is 16.0. The summed E-state index contributed by atoms with van der Waals surface area (Å²) in [4.78, 5) is 8.33. The summed E-state index contributed by atoms with van der Waals surface area (Å²) in [5.41, 5.74) is 10.9. The number of nitrogens with two attached hydrogens (primary N) is 1. The van der Waals surface area contributed by atoms with Gasteiger partial charge in [-0.25, -0.2) is 10.0 Å². The maximum atomic E-state index is 6.29. The van der Waals surface area contributed by atoms with Crippen molar-refractivity contribution in [2.24, 2.45) is 21.7 Å². The largest absolute Gasteiger partial charge is 0.494 e. The van der Waals surface area contributed by atoms with Gasteiger partial charge in [-0.2, -0.15) is 5.10 Å². The Morgan fingerprint density at radius 2 is 2.03 bits per heavy atom. The molecule has 0 spiro atoms. The minimum Gasteiger partial charge on any atom is -0.494 e. The maximum absolute atomic E-state index is 6.29. The monoisotopic (exact) mass is 463 g/mol. The van der Waals surface area contributed by atoms with Crippen molar-refractivity contribution in [2.75, 3.05) is 26.5 Å². The molecule has 7 heteroatoms. The molecule has 0 amide bonds. The number of hydrogen-bond acceptors (Lipinski definition) is 7. The average molecular weight is 464 g/mol. The fourth-order valence-corrected chi connectivity index (χ4v) is 4.71. The summed E-state index contributed by atoms with van der Waals surface area (Å²) in [5, 5.41) is 6.47. The van der Waals surface area contributed by atoms with Gasteiger partial charge < -0.3 is 10.5 Å². The highest BCUT2D eigenvalue weighted by Crippen LogP contribution is 2.39. The molecule has 1 aliphatic carbocycles. The lowest BCUT2D eigenvalue weighted by molar-refractivity contribution is 0.189. The van der Waals surface area contributed by atoms with Gasteiger partial charge in [0.1, 0.15) is 11.4 Å². The van der Waals surface area contributed by atoms with E-state index in [0.29, 0.717) is 23.1 Å². The van der Waals surface area contributed by atoms with Gasteiger partial charge in [0.05, 0.1) is 12.8 Å². The van der Waals surface area contributed by atoms with Crippen LogP contribution in [0.3, 0.4) is 0 Å². The van der Waals surface area contributed by atoms with Crippen molar-refractivity contribution in [1.29, 1.82) is 0 Å². The third-order valence-electron chi connectivity index (χ3n) is 6.26. The zero-order chi connectivity index (χ0) is 23.4. The quantitative estimate of drug-likeness (QED) is 0.402. The summed E-state index contributed by atoms with van der Waals surface area (Å²) in [6, 6.07) is 14.6. The van der Waals surface area contributed by atoms with Crippen molar-refractivity contribution in [3.8, 4) is 5.75 Å². The van der Waals surface area contributed by atoms with Crippen molar-refractivity contribution >= 4 is 34.8 Å². The van der Waals surface area contributed by atoms with Gasteiger partial charge in [-0.05, 0) is 55.7 Å². The predicted molar refractivity (Wildman–Crippen MR) is 139 cm³/mol. The van der Waals surface area contributed by atoms with E-state index >= 15 is 0 Å². The second-order valence-electron chi connectivity index (χ2n) is 8.73. The molecule has 0 aromatic heterocycles. The molecule has 1 fully saturated rings. The predicted octanol–water partition coefficient (Wildman–Crippen LogP) is 5.33. The van der Waals surface area contributed by atoms with E-state index in [1.807, 2.05) is 25.1 Å². The topological polar surface area (TPSA) is 66.5 Å². The van der Waals surface area contributed by atoms with E-state index in [1.54, 1.807) is 23.9 Å². The molecule has 2 aromatic carbocycles. The molecule has 33 heavy (non-hydrogen) atoms. The van der Waals surface area contributed by atoms with Crippen molar-refractivity contribution < 1.29 is 4.74 Å². The molecule has 1 aliphatic heterocycles. The molecule has 2 N–H and O–H groups in total. The number of rotatable bonds is 9. The lowest BCUT2D eigenvalue weighted by atomic mass is 9.85. The SMILES string of the molecule is C=C1c2cccc(OC)c2N=C(N)N1/N=C(\C)CN(Cc1ccc(SC)cc1)CC1CCC1. The summed E-state index contributed by atoms with van der Waals surface area (Å²) < 4.78 is 5.44. The van der Waals surface area contributed by atoms with Gasteiger partial charge in [0, 0.05) is 35.8 Å². The molecular formula is C26H33N5OS. The zero-order valence-corrected chi connectivity index (χ0v) is 20.6. The standard InChI is InChI=1S/C26H33N5OS/c1-18(29-31-19(2)23-9-6-10-24(32-3)25(23)28-26(31)27)15-30(16-20-7-5-8-20)17-21-11-13-22(33-4)14-12-21/h6,9-14,20H,2,5,7-8,15-17H2,1,3-4H3,(H2,27,28)/b29-18+. The number of hydrazone groups is 1. The lowest BCUT2D eigenvalue weighted by Crippen LogP contribution is -2.38. The molecule has 0 atom stereocenters. The van der Waals surface area contributed by atoms with Crippen LogP contribution in [0.5, 0.6) is 5.75 Å². The Bertz CT molecular complexity index is 1060. The van der Waals surface area contributed by atoms with Gasteiger partial charge >= 0.3 is 0 Å². The van der Waals surface area contributed by atoms with E-state index in [1.165, 1.54) is 29.7 Å². The van der Waals surface area contributed by atoms with Gasteiger partial charge in [0.2, 0.25) is 5.96 Å². The van der Waals surface area contributed by atoms with Crippen LogP contribution in [0.25, 0.3) is 5.70 Å². The van der Waals surface area contributed by atoms with Crippen LogP contribution in [0.2, 0.25) is 0 Å². The number of benzene rings is 2. The first kappa shape index (κ1) is 23.4. The van der Waals surface area contributed by atoms with Gasteiger partial charge in [0.15, 0.2) is 0 Å². The number of methoxy groups -OCH3 is 1. The number of fused-ring (bicyclic) bond motifs is 1. The highest BCUT2D eigenvalue weighted by Gasteiger charge is 2.25. The summed E-state index contributed by atoms with van der Waals surface area (Å²) in [6.45, 7) is 9.04. The third-order valence-corrected chi connectivity index (χ3v) is 7.00. The minimum absolute atomic E-state index is 0.301. The van der Waals surface area contributed by atoms with Crippen LogP contribution in [0, 0.1) is 5.92 Å². The first-order valence-electron chi connectivity index (χ1n) is 11.4. The van der Waals surface area contributed by atoms with E-state index in [-0.39, 0.29) is 0 Å². The van der Waals surface area contributed by atoms with Gasteiger partial charge in [0.25, 0.3) is 0 Å². The van der Waals surface area contributed by atoms with Gasteiger partial charge in [-0.1, -0.05) is 37.3 Å². The molecular weight excluding hydrogens is 430 g/mol.